The number of ether oxygens (including phenoxy) is 1. The van der Waals surface area contributed by atoms with E-state index in [1.54, 1.807) is 6.07 Å². The number of nitriles is 1. The lowest BCUT2D eigenvalue weighted by atomic mass is 9.98. The van der Waals surface area contributed by atoms with E-state index in [2.05, 4.69) is 4.74 Å². The molecule has 0 amide bonds. The van der Waals surface area contributed by atoms with Gasteiger partial charge in [-0.15, -0.1) is 0 Å². The third-order valence-corrected chi connectivity index (χ3v) is 2.26. The van der Waals surface area contributed by atoms with Gasteiger partial charge in [0.1, 0.15) is 0 Å². The van der Waals surface area contributed by atoms with Crippen LogP contribution in [0.3, 0.4) is 0 Å². The maximum absolute atomic E-state index is 12.7. The lowest BCUT2D eigenvalue weighted by molar-refractivity contribution is 0.0599. The zero-order valence-corrected chi connectivity index (χ0v) is 8.75. The van der Waals surface area contributed by atoms with Gasteiger partial charge < -0.3 is 4.74 Å². The number of hydrogen-bond donors (Lipinski definition) is 0. The second-order valence-electron chi connectivity index (χ2n) is 3.10. The Kier molecular flexibility index (Phi) is 3.56. The van der Waals surface area contributed by atoms with E-state index in [1.807, 2.05) is 0 Å². The summed E-state index contributed by atoms with van der Waals surface area (Å²) in [4.78, 5) is 11.3. The molecule has 1 rings (SSSR count). The Balaban J connectivity index is 3.45. The minimum absolute atomic E-state index is 0.0526. The molecule has 0 aliphatic rings. The van der Waals surface area contributed by atoms with Crippen LogP contribution in [0.5, 0.6) is 0 Å². The number of carbonyl (C=O) groups excluding carboxylic acids is 1. The van der Waals surface area contributed by atoms with Crippen LogP contribution in [0.25, 0.3) is 0 Å². The molecular weight excluding hydrogens is 216 g/mol. The van der Waals surface area contributed by atoms with Gasteiger partial charge in [-0.2, -0.15) is 5.26 Å². The molecule has 1 aromatic rings. The molecule has 1 aromatic carbocycles. The SMILES string of the molecule is COC(=O)c1ccc(C#N)c(C(F)F)c1C. The number of alkyl halides is 2. The van der Waals surface area contributed by atoms with Crippen LogP contribution in [-0.2, 0) is 4.74 Å². The number of nitrogens with zero attached hydrogens (tertiary/aromatic N) is 1. The van der Waals surface area contributed by atoms with Crippen molar-refractivity contribution in [2.45, 2.75) is 13.3 Å². The van der Waals surface area contributed by atoms with E-state index in [-0.39, 0.29) is 16.7 Å². The molecule has 0 atom stereocenters. The first kappa shape index (κ1) is 12.1. The highest BCUT2D eigenvalue weighted by Crippen LogP contribution is 2.28. The fraction of sp³-hybridized carbons (Fsp3) is 0.273. The third-order valence-electron chi connectivity index (χ3n) is 2.26. The summed E-state index contributed by atoms with van der Waals surface area (Å²) in [7, 11) is 1.17. The molecule has 16 heavy (non-hydrogen) atoms. The van der Waals surface area contributed by atoms with Crippen LogP contribution in [0, 0.1) is 18.3 Å². The first-order valence-electron chi connectivity index (χ1n) is 4.43. The first-order chi connectivity index (χ1) is 7.52. The quantitative estimate of drug-likeness (QED) is 0.727. The Morgan fingerprint density at radius 2 is 2.12 bits per heavy atom. The van der Waals surface area contributed by atoms with Crippen molar-refractivity contribution < 1.29 is 18.3 Å². The fourth-order valence-corrected chi connectivity index (χ4v) is 1.44. The van der Waals surface area contributed by atoms with Gasteiger partial charge in [0.2, 0.25) is 0 Å². The van der Waals surface area contributed by atoms with Crippen LogP contribution in [0.1, 0.15) is 33.5 Å². The van der Waals surface area contributed by atoms with E-state index in [0.717, 1.165) is 0 Å². The number of esters is 1. The summed E-state index contributed by atoms with van der Waals surface area (Å²) in [6.45, 7) is 1.37. The normalized spacial score (nSPS) is 10.0. The molecule has 3 nitrogen and oxygen atoms in total. The van der Waals surface area contributed by atoms with Crippen molar-refractivity contribution in [3.63, 3.8) is 0 Å². The molecule has 0 bridgehead atoms. The van der Waals surface area contributed by atoms with Crippen molar-refractivity contribution >= 4 is 5.97 Å². The molecule has 0 unspecified atom stereocenters. The van der Waals surface area contributed by atoms with Gasteiger partial charge in [0, 0.05) is 5.56 Å². The summed E-state index contributed by atoms with van der Waals surface area (Å²) in [5, 5.41) is 8.68. The molecule has 0 aromatic heterocycles. The highest BCUT2D eigenvalue weighted by molar-refractivity contribution is 5.91. The van der Waals surface area contributed by atoms with Gasteiger partial charge in [-0.3, -0.25) is 0 Å². The van der Waals surface area contributed by atoms with E-state index < -0.39 is 18.0 Å². The summed E-state index contributed by atoms with van der Waals surface area (Å²) in [6.07, 6.45) is -2.79. The van der Waals surface area contributed by atoms with Gasteiger partial charge in [0.15, 0.2) is 0 Å². The minimum Gasteiger partial charge on any atom is -0.465 e. The smallest absolute Gasteiger partial charge is 0.338 e. The Hall–Kier alpha value is -1.96. The molecule has 0 spiro atoms. The Labute approximate surface area is 91.3 Å². The van der Waals surface area contributed by atoms with E-state index in [9.17, 15) is 13.6 Å². The first-order valence-corrected chi connectivity index (χ1v) is 4.43. The van der Waals surface area contributed by atoms with Crippen molar-refractivity contribution in [3.05, 3.63) is 34.4 Å². The molecule has 0 fully saturated rings. The third kappa shape index (κ3) is 2.01. The minimum atomic E-state index is -2.79. The van der Waals surface area contributed by atoms with E-state index in [4.69, 9.17) is 5.26 Å². The summed E-state index contributed by atoms with van der Waals surface area (Å²) in [5.74, 6) is -0.691. The average molecular weight is 225 g/mol. The summed E-state index contributed by atoms with van der Waals surface area (Å²) in [5.41, 5.74) is -0.400. The van der Waals surface area contributed by atoms with Gasteiger partial charge in [0.25, 0.3) is 6.43 Å². The van der Waals surface area contributed by atoms with Gasteiger partial charge in [-0.25, -0.2) is 13.6 Å². The van der Waals surface area contributed by atoms with Gasteiger partial charge in [-0.1, -0.05) is 0 Å². The maximum atomic E-state index is 12.7. The van der Waals surface area contributed by atoms with E-state index in [0.29, 0.717) is 0 Å². The standard InChI is InChI=1S/C11H9F2NO2/c1-6-8(11(15)16-2)4-3-7(5-14)9(6)10(12)13/h3-4,10H,1-2H3. The van der Waals surface area contributed by atoms with Gasteiger partial charge >= 0.3 is 5.97 Å². The molecular formula is C11H9F2NO2. The number of carbonyl (C=O) groups is 1. The fourth-order valence-electron chi connectivity index (χ4n) is 1.44. The Bertz CT molecular complexity index is 464. The summed E-state index contributed by atoms with van der Waals surface area (Å²) in [6, 6.07) is 4.18. The predicted octanol–water partition coefficient (Wildman–Crippen LogP) is 2.59. The lowest BCUT2D eigenvalue weighted by Crippen LogP contribution is -2.07. The van der Waals surface area contributed by atoms with Crippen LogP contribution in [0.4, 0.5) is 8.78 Å². The molecule has 0 aliphatic heterocycles. The number of rotatable bonds is 2. The molecule has 84 valence electrons. The molecule has 0 heterocycles. The highest BCUT2D eigenvalue weighted by atomic mass is 19.3. The summed E-state index contributed by atoms with van der Waals surface area (Å²) >= 11 is 0. The number of hydrogen-bond acceptors (Lipinski definition) is 3. The van der Waals surface area contributed by atoms with Crippen molar-refractivity contribution in [1.29, 1.82) is 5.26 Å². The van der Waals surface area contributed by atoms with Crippen LogP contribution in [-0.4, -0.2) is 13.1 Å². The zero-order valence-electron chi connectivity index (χ0n) is 8.75. The number of halogens is 2. The Morgan fingerprint density at radius 1 is 1.50 bits per heavy atom. The zero-order chi connectivity index (χ0) is 12.3. The predicted molar refractivity (Wildman–Crippen MR) is 52.2 cm³/mol. The van der Waals surface area contributed by atoms with Crippen LogP contribution in [0.2, 0.25) is 0 Å². The molecule has 0 radical (unpaired) electrons. The van der Waals surface area contributed by atoms with Crippen LogP contribution < -0.4 is 0 Å². The van der Waals surface area contributed by atoms with Gasteiger partial charge in [-0.05, 0) is 24.6 Å². The molecule has 5 heteroatoms. The largest absolute Gasteiger partial charge is 0.465 e. The molecule has 0 saturated heterocycles. The molecule has 0 aliphatic carbocycles. The Morgan fingerprint density at radius 3 is 2.56 bits per heavy atom. The van der Waals surface area contributed by atoms with Crippen molar-refractivity contribution in [3.8, 4) is 6.07 Å². The highest BCUT2D eigenvalue weighted by Gasteiger charge is 2.21. The van der Waals surface area contributed by atoms with Crippen molar-refractivity contribution in [2.24, 2.45) is 0 Å². The monoisotopic (exact) mass is 225 g/mol. The second-order valence-corrected chi connectivity index (χ2v) is 3.10. The second kappa shape index (κ2) is 4.71. The number of methoxy groups -OCH3 is 1. The van der Waals surface area contributed by atoms with Crippen LogP contribution in [0.15, 0.2) is 12.1 Å². The lowest BCUT2D eigenvalue weighted by Gasteiger charge is -2.10. The number of benzene rings is 1. The molecule has 0 saturated carbocycles. The summed E-state index contributed by atoms with van der Waals surface area (Å²) < 4.78 is 29.9. The van der Waals surface area contributed by atoms with Gasteiger partial charge in [0.05, 0.1) is 24.3 Å². The van der Waals surface area contributed by atoms with E-state index in [1.165, 1.54) is 26.2 Å². The maximum Gasteiger partial charge on any atom is 0.338 e. The van der Waals surface area contributed by atoms with Crippen molar-refractivity contribution in [1.82, 2.24) is 0 Å². The van der Waals surface area contributed by atoms with E-state index >= 15 is 0 Å². The molecule has 0 N–H and O–H groups in total. The van der Waals surface area contributed by atoms with Crippen molar-refractivity contribution in [2.75, 3.05) is 7.11 Å². The topological polar surface area (TPSA) is 50.1 Å². The average Bonchev–Trinajstić information content (AvgIpc) is 2.26. The van der Waals surface area contributed by atoms with Crippen LogP contribution >= 0.6 is 0 Å².